The van der Waals surface area contributed by atoms with Crippen LogP contribution in [0.1, 0.15) is 21.6 Å². The van der Waals surface area contributed by atoms with E-state index in [0.29, 0.717) is 35.8 Å². The Morgan fingerprint density at radius 3 is 2.56 bits per heavy atom. The van der Waals surface area contributed by atoms with Crippen molar-refractivity contribution in [3.8, 4) is 17.2 Å². The average molecular weight is 437 g/mol. The minimum absolute atomic E-state index is 0.149. The Labute approximate surface area is 185 Å². The lowest BCUT2D eigenvalue weighted by Gasteiger charge is -2.14. The molecule has 2 aromatic carbocycles. The molecule has 0 saturated heterocycles. The number of hydrogen-bond donors (Lipinski definition) is 2. The van der Waals surface area contributed by atoms with E-state index in [2.05, 4.69) is 15.6 Å². The Hall–Kier alpha value is -3.94. The van der Waals surface area contributed by atoms with Crippen LogP contribution < -0.4 is 20.1 Å². The number of halogens is 1. The summed E-state index contributed by atoms with van der Waals surface area (Å²) < 4.78 is 24.5. The highest BCUT2D eigenvalue weighted by Gasteiger charge is 2.11. The maximum absolute atomic E-state index is 12.9. The molecule has 8 heteroatoms. The Bertz CT molecular complexity index is 1090. The maximum Gasteiger partial charge on any atom is 0.269 e. The molecular formula is C24H24FN3O4. The van der Waals surface area contributed by atoms with Crippen LogP contribution in [-0.2, 0) is 11.2 Å². The van der Waals surface area contributed by atoms with Gasteiger partial charge in [-0.1, -0.05) is 18.2 Å². The summed E-state index contributed by atoms with van der Waals surface area (Å²) >= 11 is 0. The number of amides is 2. The van der Waals surface area contributed by atoms with Crippen molar-refractivity contribution in [3.05, 3.63) is 83.4 Å². The van der Waals surface area contributed by atoms with E-state index in [-0.39, 0.29) is 29.9 Å². The van der Waals surface area contributed by atoms with Gasteiger partial charge < -0.3 is 20.1 Å². The molecule has 0 fully saturated rings. The van der Waals surface area contributed by atoms with Gasteiger partial charge in [0.15, 0.2) is 6.61 Å². The molecule has 2 amide bonds. The highest BCUT2D eigenvalue weighted by atomic mass is 19.1. The minimum Gasteiger partial charge on any atom is -0.483 e. The van der Waals surface area contributed by atoms with Crippen molar-refractivity contribution in [1.29, 1.82) is 0 Å². The van der Waals surface area contributed by atoms with Gasteiger partial charge in [-0.15, -0.1) is 0 Å². The zero-order chi connectivity index (χ0) is 22.9. The second-order valence-electron chi connectivity index (χ2n) is 6.95. The summed E-state index contributed by atoms with van der Waals surface area (Å²) in [6.07, 6.45) is 2.09. The third-order valence-corrected chi connectivity index (χ3v) is 4.66. The molecule has 166 valence electrons. The van der Waals surface area contributed by atoms with Gasteiger partial charge in [0.2, 0.25) is 0 Å². The Kier molecular flexibility index (Phi) is 7.75. The second-order valence-corrected chi connectivity index (χ2v) is 6.95. The van der Waals surface area contributed by atoms with Crippen molar-refractivity contribution >= 4 is 11.8 Å². The molecule has 0 saturated carbocycles. The Balaban J connectivity index is 1.54. The van der Waals surface area contributed by atoms with Gasteiger partial charge in [0, 0.05) is 31.4 Å². The van der Waals surface area contributed by atoms with Gasteiger partial charge >= 0.3 is 0 Å². The van der Waals surface area contributed by atoms with Gasteiger partial charge in [0.25, 0.3) is 11.8 Å². The number of ether oxygens (including phenoxy) is 2. The molecule has 2 N–H and O–H groups in total. The summed E-state index contributed by atoms with van der Waals surface area (Å²) in [5, 5.41) is 5.29. The molecule has 0 aliphatic heterocycles. The summed E-state index contributed by atoms with van der Waals surface area (Å²) in [6, 6.07) is 14.6. The molecule has 0 unspecified atom stereocenters. The molecule has 32 heavy (non-hydrogen) atoms. The van der Waals surface area contributed by atoms with E-state index in [9.17, 15) is 14.0 Å². The summed E-state index contributed by atoms with van der Waals surface area (Å²) in [5.74, 6) is 0.642. The number of carbonyl (C=O) groups is 2. The van der Waals surface area contributed by atoms with E-state index < -0.39 is 0 Å². The Morgan fingerprint density at radius 1 is 1.06 bits per heavy atom. The first kappa shape index (κ1) is 22.7. The van der Waals surface area contributed by atoms with Crippen molar-refractivity contribution in [2.75, 3.05) is 20.2 Å². The summed E-state index contributed by atoms with van der Waals surface area (Å²) in [5.41, 5.74) is 1.89. The zero-order valence-electron chi connectivity index (χ0n) is 17.9. The number of aromatic nitrogens is 1. The number of pyridine rings is 1. The predicted molar refractivity (Wildman–Crippen MR) is 117 cm³/mol. The van der Waals surface area contributed by atoms with E-state index in [4.69, 9.17) is 9.47 Å². The first-order valence-electron chi connectivity index (χ1n) is 10.1. The molecule has 3 rings (SSSR count). The molecule has 7 nitrogen and oxygen atoms in total. The topological polar surface area (TPSA) is 89.5 Å². The van der Waals surface area contributed by atoms with Crippen LogP contribution in [-0.4, -0.2) is 37.0 Å². The van der Waals surface area contributed by atoms with E-state index in [1.807, 2.05) is 6.92 Å². The third kappa shape index (κ3) is 6.28. The van der Waals surface area contributed by atoms with E-state index in [1.165, 1.54) is 25.4 Å². The smallest absolute Gasteiger partial charge is 0.269 e. The average Bonchev–Trinajstić information content (AvgIpc) is 2.80. The van der Waals surface area contributed by atoms with Crippen molar-refractivity contribution in [2.24, 2.45) is 0 Å². The molecule has 0 aliphatic carbocycles. The first-order chi connectivity index (χ1) is 15.5. The number of benzene rings is 2. The zero-order valence-corrected chi connectivity index (χ0v) is 17.9. The largest absolute Gasteiger partial charge is 0.483 e. The van der Waals surface area contributed by atoms with Gasteiger partial charge in [-0.05, 0) is 49.2 Å². The van der Waals surface area contributed by atoms with Crippen LogP contribution in [0.2, 0.25) is 0 Å². The van der Waals surface area contributed by atoms with Crippen LogP contribution in [0, 0.1) is 12.7 Å². The van der Waals surface area contributed by atoms with Gasteiger partial charge in [-0.25, -0.2) is 4.39 Å². The summed E-state index contributed by atoms with van der Waals surface area (Å²) in [7, 11) is 1.53. The van der Waals surface area contributed by atoms with E-state index in [1.54, 1.807) is 42.5 Å². The van der Waals surface area contributed by atoms with Crippen molar-refractivity contribution in [1.82, 2.24) is 15.6 Å². The molecular weight excluding hydrogens is 413 g/mol. The fourth-order valence-corrected chi connectivity index (χ4v) is 2.91. The van der Waals surface area contributed by atoms with Gasteiger partial charge in [-0.2, -0.15) is 0 Å². The molecule has 1 heterocycles. The maximum atomic E-state index is 12.9. The Morgan fingerprint density at radius 2 is 1.81 bits per heavy atom. The van der Waals surface area contributed by atoms with Crippen molar-refractivity contribution in [2.45, 2.75) is 13.3 Å². The molecule has 1 aromatic heterocycles. The second kappa shape index (κ2) is 10.9. The molecule has 0 atom stereocenters. The minimum atomic E-state index is -0.310. The number of nitrogens with zero attached hydrogens (tertiary/aromatic N) is 1. The standard InChI is InChI=1S/C24H24FN3O4/c1-16-21(31-15-23(29)28-12-10-17-6-8-18(25)9-7-17)4-3-5-22(16)32-19-11-13-27-20(14-19)24(30)26-2/h3-9,11,13-14H,10,12,15H2,1-2H3,(H,26,30)(H,28,29). The number of rotatable bonds is 9. The highest BCUT2D eigenvalue weighted by Crippen LogP contribution is 2.31. The molecule has 3 aromatic rings. The van der Waals surface area contributed by atoms with Gasteiger partial charge in [-0.3, -0.25) is 14.6 Å². The quantitative estimate of drug-likeness (QED) is 0.536. The fraction of sp³-hybridized carbons (Fsp3) is 0.208. The molecule has 0 aliphatic rings. The van der Waals surface area contributed by atoms with E-state index in [0.717, 1.165) is 5.56 Å². The van der Waals surface area contributed by atoms with Crippen LogP contribution in [0.4, 0.5) is 4.39 Å². The monoisotopic (exact) mass is 437 g/mol. The van der Waals surface area contributed by atoms with Crippen LogP contribution in [0.5, 0.6) is 17.2 Å². The lowest BCUT2D eigenvalue weighted by molar-refractivity contribution is -0.123. The number of nitrogens with one attached hydrogen (secondary N) is 2. The van der Waals surface area contributed by atoms with E-state index >= 15 is 0 Å². The highest BCUT2D eigenvalue weighted by molar-refractivity contribution is 5.92. The normalized spacial score (nSPS) is 10.3. The fourth-order valence-electron chi connectivity index (χ4n) is 2.91. The predicted octanol–water partition coefficient (Wildman–Crippen LogP) is 3.42. The summed E-state index contributed by atoms with van der Waals surface area (Å²) in [4.78, 5) is 27.9. The SMILES string of the molecule is CNC(=O)c1cc(Oc2cccc(OCC(=O)NCCc3ccc(F)cc3)c2C)ccn1. The van der Waals surface area contributed by atoms with Crippen LogP contribution in [0.15, 0.2) is 60.8 Å². The molecule has 0 spiro atoms. The van der Waals surface area contributed by atoms with Gasteiger partial charge in [0.05, 0.1) is 0 Å². The van der Waals surface area contributed by atoms with Crippen LogP contribution in [0.25, 0.3) is 0 Å². The van der Waals surface area contributed by atoms with Crippen molar-refractivity contribution < 1.29 is 23.5 Å². The number of carbonyl (C=O) groups excluding carboxylic acids is 2. The molecule has 0 radical (unpaired) electrons. The number of hydrogen-bond acceptors (Lipinski definition) is 5. The van der Waals surface area contributed by atoms with Crippen LogP contribution >= 0.6 is 0 Å². The van der Waals surface area contributed by atoms with Crippen LogP contribution in [0.3, 0.4) is 0 Å². The molecule has 0 bridgehead atoms. The lowest BCUT2D eigenvalue weighted by Crippen LogP contribution is -2.30. The first-order valence-corrected chi connectivity index (χ1v) is 10.1. The summed E-state index contributed by atoms with van der Waals surface area (Å²) in [6.45, 7) is 2.09. The van der Waals surface area contributed by atoms with Crippen molar-refractivity contribution in [3.63, 3.8) is 0 Å². The third-order valence-electron chi connectivity index (χ3n) is 4.66. The lowest BCUT2D eigenvalue weighted by atomic mass is 10.1. The van der Waals surface area contributed by atoms with Gasteiger partial charge in [0.1, 0.15) is 28.8 Å².